The number of nitrogen functional groups attached to an aromatic ring is 1. The van der Waals surface area contributed by atoms with E-state index in [4.69, 9.17) is 22.2 Å². The number of rotatable bonds is 4. The van der Waals surface area contributed by atoms with Crippen molar-refractivity contribution in [3.8, 4) is 5.75 Å². The van der Waals surface area contributed by atoms with Gasteiger partial charge in [-0.3, -0.25) is 0 Å². The quantitative estimate of drug-likeness (QED) is 0.667. The van der Waals surface area contributed by atoms with Gasteiger partial charge in [-0.1, -0.05) is 33.6 Å². The van der Waals surface area contributed by atoms with E-state index < -0.39 is 0 Å². The van der Waals surface area contributed by atoms with Crippen molar-refractivity contribution in [2.45, 2.75) is 6.61 Å². The van der Waals surface area contributed by atoms with Crippen molar-refractivity contribution in [1.29, 1.82) is 0 Å². The summed E-state index contributed by atoms with van der Waals surface area (Å²) in [5.74, 6) is 6.48. The molecule has 1 heterocycles. The van der Waals surface area contributed by atoms with E-state index in [0.29, 0.717) is 23.2 Å². The average molecular weight is 329 g/mol. The van der Waals surface area contributed by atoms with Crippen molar-refractivity contribution in [2.24, 2.45) is 5.84 Å². The Kier molecular flexibility index (Phi) is 4.41. The molecule has 0 fully saturated rings. The van der Waals surface area contributed by atoms with Gasteiger partial charge in [0.1, 0.15) is 18.2 Å². The summed E-state index contributed by atoms with van der Waals surface area (Å²) in [6.45, 7) is 0.402. The van der Waals surface area contributed by atoms with Crippen LogP contribution in [0, 0.1) is 0 Å². The zero-order valence-electron chi connectivity index (χ0n) is 9.36. The van der Waals surface area contributed by atoms with Crippen molar-refractivity contribution in [2.75, 3.05) is 5.43 Å². The molecule has 2 rings (SSSR count). The molecule has 1 aromatic heterocycles. The Labute approximate surface area is 118 Å². The number of hydrogen-bond donors (Lipinski definition) is 2. The van der Waals surface area contributed by atoms with Crippen LogP contribution in [0.4, 0.5) is 5.82 Å². The summed E-state index contributed by atoms with van der Waals surface area (Å²) in [6.07, 6.45) is 1.70. The van der Waals surface area contributed by atoms with Gasteiger partial charge in [0.25, 0.3) is 0 Å². The average Bonchev–Trinajstić information content (AvgIpc) is 2.38. The van der Waals surface area contributed by atoms with Gasteiger partial charge in [0, 0.05) is 16.2 Å². The molecule has 0 aliphatic heterocycles. The van der Waals surface area contributed by atoms with Gasteiger partial charge >= 0.3 is 0 Å². The minimum Gasteiger partial charge on any atom is -0.487 e. The molecule has 0 bridgehead atoms. The molecule has 18 heavy (non-hydrogen) atoms. The molecule has 4 nitrogen and oxygen atoms in total. The van der Waals surface area contributed by atoms with Gasteiger partial charge in [-0.2, -0.15) is 0 Å². The van der Waals surface area contributed by atoms with Crippen molar-refractivity contribution >= 4 is 33.3 Å². The predicted molar refractivity (Wildman–Crippen MR) is 75.5 cm³/mol. The van der Waals surface area contributed by atoms with Gasteiger partial charge in [0.15, 0.2) is 0 Å². The summed E-state index contributed by atoms with van der Waals surface area (Å²) in [6, 6.07) is 9.14. The van der Waals surface area contributed by atoms with Crippen molar-refractivity contribution in [3.63, 3.8) is 0 Å². The molecule has 0 aliphatic carbocycles. The fraction of sp³-hybridized carbons (Fsp3) is 0.0833. The fourth-order valence-corrected chi connectivity index (χ4v) is 2.08. The number of hydrogen-bond acceptors (Lipinski definition) is 4. The molecule has 0 atom stereocenters. The number of nitrogens with one attached hydrogen (secondary N) is 1. The van der Waals surface area contributed by atoms with E-state index in [0.717, 1.165) is 10.0 Å². The van der Waals surface area contributed by atoms with Crippen LogP contribution in [0.2, 0.25) is 5.02 Å². The Morgan fingerprint density at radius 1 is 1.33 bits per heavy atom. The minimum absolute atomic E-state index is 0.402. The normalized spacial score (nSPS) is 10.2. The standard InChI is InChI=1S/C12H11BrClN3O/c13-9-2-3-11(10(14)5-9)18-7-8-1-4-12(17-15)16-6-8/h1-6H,7,15H2,(H,16,17). The highest BCUT2D eigenvalue weighted by Gasteiger charge is 2.03. The summed E-state index contributed by atoms with van der Waals surface area (Å²) in [7, 11) is 0. The highest BCUT2D eigenvalue weighted by Crippen LogP contribution is 2.28. The number of halogens is 2. The number of aromatic nitrogens is 1. The molecule has 94 valence electrons. The Balaban J connectivity index is 2.02. The first-order chi connectivity index (χ1) is 8.69. The van der Waals surface area contributed by atoms with E-state index >= 15 is 0 Å². The first-order valence-corrected chi connectivity index (χ1v) is 6.35. The molecule has 1 aromatic carbocycles. The third-order valence-electron chi connectivity index (χ3n) is 2.26. The van der Waals surface area contributed by atoms with Crippen molar-refractivity contribution < 1.29 is 4.74 Å². The zero-order chi connectivity index (χ0) is 13.0. The first-order valence-electron chi connectivity index (χ1n) is 5.18. The fourth-order valence-electron chi connectivity index (χ4n) is 1.35. The van der Waals surface area contributed by atoms with E-state index in [-0.39, 0.29) is 0 Å². The summed E-state index contributed by atoms with van der Waals surface area (Å²) in [5.41, 5.74) is 3.40. The SMILES string of the molecule is NNc1ccc(COc2ccc(Br)cc2Cl)cn1. The van der Waals surface area contributed by atoms with Crippen LogP contribution in [0.25, 0.3) is 0 Å². The van der Waals surface area contributed by atoms with Crippen LogP contribution >= 0.6 is 27.5 Å². The lowest BCUT2D eigenvalue weighted by molar-refractivity contribution is 0.306. The van der Waals surface area contributed by atoms with Crippen LogP contribution in [0.5, 0.6) is 5.75 Å². The second-order valence-corrected chi connectivity index (χ2v) is 4.88. The molecular weight excluding hydrogens is 318 g/mol. The number of anilines is 1. The van der Waals surface area contributed by atoms with Gasteiger partial charge in [0.05, 0.1) is 5.02 Å². The van der Waals surface area contributed by atoms with Gasteiger partial charge in [-0.15, -0.1) is 0 Å². The molecule has 6 heteroatoms. The first kappa shape index (κ1) is 13.1. The van der Waals surface area contributed by atoms with Gasteiger partial charge in [0.2, 0.25) is 0 Å². The number of ether oxygens (including phenoxy) is 1. The van der Waals surface area contributed by atoms with Crippen LogP contribution in [0.3, 0.4) is 0 Å². The second-order valence-electron chi connectivity index (χ2n) is 3.56. The van der Waals surface area contributed by atoms with Crippen LogP contribution in [-0.2, 0) is 6.61 Å². The molecule has 0 saturated carbocycles. The van der Waals surface area contributed by atoms with Crippen molar-refractivity contribution in [3.05, 3.63) is 51.6 Å². The monoisotopic (exact) mass is 327 g/mol. The molecule has 0 radical (unpaired) electrons. The summed E-state index contributed by atoms with van der Waals surface area (Å²) >= 11 is 9.39. The maximum atomic E-state index is 6.05. The van der Waals surface area contributed by atoms with E-state index in [1.54, 1.807) is 18.3 Å². The van der Waals surface area contributed by atoms with E-state index in [1.165, 1.54) is 0 Å². The lowest BCUT2D eigenvalue weighted by Crippen LogP contribution is -2.08. The lowest BCUT2D eigenvalue weighted by Gasteiger charge is -2.08. The van der Waals surface area contributed by atoms with Crippen LogP contribution in [0.15, 0.2) is 41.0 Å². The Morgan fingerprint density at radius 3 is 2.78 bits per heavy atom. The number of pyridine rings is 1. The molecule has 0 unspecified atom stereocenters. The number of nitrogens with zero attached hydrogens (tertiary/aromatic N) is 1. The highest BCUT2D eigenvalue weighted by atomic mass is 79.9. The molecular formula is C12H11BrClN3O. The molecule has 0 aliphatic rings. The summed E-state index contributed by atoms with van der Waals surface area (Å²) < 4.78 is 6.52. The second kappa shape index (κ2) is 6.04. The molecule has 3 N–H and O–H groups in total. The smallest absolute Gasteiger partial charge is 0.139 e. The number of nitrogens with two attached hydrogens (primary N) is 1. The molecule has 2 aromatic rings. The largest absolute Gasteiger partial charge is 0.487 e. The van der Waals surface area contributed by atoms with Gasteiger partial charge in [-0.25, -0.2) is 10.8 Å². The van der Waals surface area contributed by atoms with E-state index in [1.807, 2.05) is 18.2 Å². The van der Waals surface area contributed by atoms with Crippen LogP contribution in [-0.4, -0.2) is 4.98 Å². The highest BCUT2D eigenvalue weighted by molar-refractivity contribution is 9.10. The maximum absolute atomic E-state index is 6.05. The van der Waals surface area contributed by atoms with Gasteiger partial charge < -0.3 is 10.2 Å². The van der Waals surface area contributed by atoms with E-state index in [9.17, 15) is 0 Å². The Hall–Kier alpha value is -1.30. The number of benzene rings is 1. The Bertz CT molecular complexity index is 533. The summed E-state index contributed by atoms with van der Waals surface area (Å²) in [5, 5.41) is 0.567. The maximum Gasteiger partial charge on any atom is 0.139 e. The van der Waals surface area contributed by atoms with E-state index in [2.05, 4.69) is 26.3 Å². The lowest BCUT2D eigenvalue weighted by atomic mass is 10.3. The molecule has 0 spiro atoms. The van der Waals surface area contributed by atoms with Crippen LogP contribution < -0.4 is 16.0 Å². The Morgan fingerprint density at radius 2 is 2.17 bits per heavy atom. The molecule has 0 amide bonds. The van der Waals surface area contributed by atoms with Gasteiger partial charge in [-0.05, 0) is 24.3 Å². The predicted octanol–water partition coefficient (Wildman–Crippen LogP) is 3.36. The minimum atomic E-state index is 0.402. The topological polar surface area (TPSA) is 60.2 Å². The summed E-state index contributed by atoms with van der Waals surface area (Å²) in [4.78, 5) is 4.09. The third kappa shape index (κ3) is 3.35. The zero-order valence-corrected chi connectivity index (χ0v) is 11.7. The third-order valence-corrected chi connectivity index (χ3v) is 3.05. The van der Waals surface area contributed by atoms with Crippen LogP contribution in [0.1, 0.15) is 5.56 Å². The molecule has 0 saturated heterocycles. The van der Waals surface area contributed by atoms with Crippen molar-refractivity contribution in [1.82, 2.24) is 4.98 Å². The number of hydrazine groups is 1.